The van der Waals surface area contributed by atoms with Crippen molar-refractivity contribution in [1.29, 1.82) is 0 Å². The van der Waals surface area contributed by atoms with Crippen LogP contribution in [0, 0.1) is 11.6 Å². The van der Waals surface area contributed by atoms with Gasteiger partial charge in [-0.3, -0.25) is 0 Å². The van der Waals surface area contributed by atoms with Gasteiger partial charge in [0.1, 0.15) is 23.1 Å². The summed E-state index contributed by atoms with van der Waals surface area (Å²) < 4.78 is 32.6. The highest BCUT2D eigenvalue weighted by Gasteiger charge is 2.06. The second-order valence-electron chi connectivity index (χ2n) is 5.00. The smallest absolute Gasteiger partial charge is 0.133 e. The second-order valence-corrected chi connectivity index (χ2v) is 5.85. The molecule has 5 heteroatoms. The normalized spacial score (nSPS) is 11.0. The van der Waals surface area contributed by atoms with Crippen LogP contribution in [0.1, 0.15) is 19.4 Å². The number of rotatable bonds is 5. The summed E-state index contributed by atoms with van der Waals surface area (Å²) in [6.45, 7) is 4.88. The third-order valence-corrected chi connectivity index (χ3v) is 3.54. The highest BCUT2D eigenvalue weighted by molar-refractivity contribution is 9.10. The van der Waals surface area contributed by atoms with Crippen LogP contribution in [0.5, 0.6) is 11.5 Å². The Balaban J connectivity index is 2.12. The summed E-state index contributed by atoms with van der Waals surface area (Å²) in [5, 5.41) is 3.32. The quantitative estimate of drug-likeness (QED) is 0.813. The fraction of sp³-hybridized carbons (Fsp3) is 0.250. The summed E-state index contributed by atoms with van der Waals surface area (Å²) in [7, 11) is 0. The average Bonchev–Trinajstić information content (AvgIpc) is 2.36. The first-order valence-corrected chi connectivity index (χ1v) is 7.39. The van der Waals surface area contributed by atoms with E-state index in [-0.39, 0.29) is 5.75 Å². The van der Waals surface area contributed by atoms with Crippen LogP contribution in [0.2, 0.25) is 0 Å². The van der Waals surface area contributed by atoms with E-state index in [1.807, 2.05) is 6.07 Å². The summed E-state index contributed by atoms with van der Waals surface area (Å²) in [5.41, 5.74) is 1.08. The molecule has 0 aromatic heterocycles. The summed E-state index contributed by atoms with van der Waals surface area (Å²) in [5.74, 6) is -0.684. The van der Waals surface area contributed by atoms with Crippen molar-refractivity contribution >= 4 is 15.9 Å². The molecule has 112 valence electrons. The van der Waals surface area contributed by atoms with Crippen LogP contribution in [0.4, 0.5) is 8.78 Å². The van der Waals surface area contributed by atoms with E-state index in [9.17, 15) is 8.78 Å². The van der Waals surface area contributed by atoms with Crippen molar-refractivity contribution in [2.45, 2.75) is 26.4 Å². The van der Waals surface area contributed by atoms with Gasteiger partial charge in [-0.1, -0.05) is 35.8 Å². The van der Waals surface area contributed by atoms with E-state index in [2.05, 4.69) is 35.1 Å². The zero-order chi connectivity index (χ0) is 15.4. The van der Waals surface area contributed by atoms with Gasteiger partial charge in [0, 0.05) is 35.3 Å². The third-order valence-electron chi connectivity index (χ3n) is 2.80. The number of hydrogen-bond donors (Lipinski definition) is 1. The van der Waals surface area contributed by atoms with Crippen molar-refractivity contribution in [2.75, 3.05) is 0 Å². The molecule has 0 fully saturated rings. The van der Waals surface area contributed by atoms with Crippen LogP contribution in [-0.2, 0) is 6.54 Å². The maximum Gasteiger partial charge on any atom is 0.133 e. The zero-order valence-corrected chi connectivity index (χ0v) is 13.4. The largest absolute Gasteiger partial charge is 0.457 e. The number of ether oxygens (including phenoxy) is 1. The molecule has 0 spiro atoms. The molecule has 1 N–H and O–H groups in total. The van der Waals surface area contributed by atoms with Crippen molar-refractivity contribution in [1.82, 2.24) is 5.32 Å². The van der Waals surface area contributed by atoms with Crippen molar-refractivity contribution in [3.8, 4) is 11.5 Å². The Bertz CT molecular complexity index is 611. The first kappa shape index (κ1) is 15.9. The van der Waals surface area contributed by atoms with Crippen molar-refractivity contribution in [2.24, 2.45) is 0 Å². The minimum Gasteiger partial charge on any atom is -0.457 e. The van der Waals surface area contributed by atoms with Crippen molar-refractivity contribution in [3.63, 3.8) is 0 Å². The lowest BCUT2D eigenvalue weighted by molar-refractivity contribution is 0.467. The fourth-order valence-corrected chi connectivity index (χ4v) is 2.27. The molecule has 0 radical (unpaired) electrons. The molecule has 2 nitrogen and oxygen atoms in total. The lowest BCUT2D eigenvalue weighted by atomic mass is 10.2. The molecule has 0 saturated carbocycles. The van der Waals surface area contributed by atoms with Crippen LogP contribution < -0.4 is 10.1 Å². The molecule has 0 bridgehead atoms. The lowest BCUT2D eigenvalue weighted by Gasteiger charge is -2.12. The molecule has 0 heterocycles. The Kier molecular flexibility index (Phi) is 5.31. The second kappa shape index (κ2) is 7.00. The minimum atomic E-state index is -0.665. The number of benzene rings is 2. The number of hydrogen-bond acceptors (Lipinski definition) is 2. The Hall–Kier alpha value is -1.46. The van der Waals surface area contributed by atoms with Gasteiger partial charge >= 0.3 is 0 Å². The molecular formula is C16H16BrF2NO. The number of nitrogens with one attached hydrogen (secondary N) is 1. The topological polar surface area (TPSA) is 21.3 Å². The van der Waals surface area contributed by atoms with Crippen LogP contribution in [-0.4, -0.2) is 6.04 Å². The molecule has 0 amide bonds. The molecule has 0 unspecified atom stereocenters. The molecular weight excluding hydrogens is 340 g/mol. The molecule has 21 heavy (non-hydrogen) atoms. The maximum absolute atomic E-state index is 13.1. The molecule has 2 rings (SSSR count). The predicted octanol–water partition coefficient (Wildman–Crippen LogP) is 5.02. The molecule has 2 aromatic rings. The van der Waals surface area contributed by atoms with Gasteiger partial charge in [0.05, 0.1) is 0 Å². The van der Waals surface area contributed by atoms with Crippen molar-refractivity contribution in [3.05, 3.63) is 58.1 Å². The zero-order valence-electron chi connectivity index (χ0n) is 11.8. The molecule has 0 aliphatic heterocycles. The van der Waals surface area contributed by atoms with E-state index in [4.69, 9.17) is 4.74 Å². The third kappa shape index (κ3) is 4.79. The Morgan fingerprint density at radius 3 is 2.29 bits per heavy atom. The SMILES string of the molecule is CC(C)NCc1ccc(Oc2cc(F)cc(F)c2)cc1Br. The highest BCUT2D eigenvalue weighted by Crippen LogP contribution is 2.28. The van der Waals surface area contributed by atoms with Gasteiger partial charge in [-0.05, 0) is 17.7 Å². The number of halogens is 3. The van der Waals surface area contributed by atoms with Crippen LogP contribution in [0.15, 0.2) is 40.9 Å². The van der Waals surface area contributed by atoms with Gasteiger partial charge < -0.3 is 10.1 Å². The molecule has 0 aliphatic carbocycles. The van der Waals surface area contributed by atoms with Crippen molar-refractivity contribution < 1.29 is 13.5 Å². The van der Waals surface area contributed by atoms with Gasteiger partial charge in [-0.2, -0.15) is 0 Å². The lowest BCUT2D eigenvalue weighted by Crippen LogP contribution is -2.21. The van der Waals surface area contributed by atoms with E-state index >= 15 is 0 Å². The highest BCUT2D eigenvalue weighted by atomic mass is 79.9. The van der Waals surface area contributed by atoms with Gasteiger partial charge in [0.2, 0.25) is 0 Å². The van der Waals surface area contributed by atoms with Gasteiger partial charge in [0.25, 0.3) is 0 Å². The predicted molar refractivity (Wildman–Crippen MR) is 82.5 cm³/mol. The Morgan fingerprint density at radius 2 is 1.71 bits per heavy atom. The Morgan fingerprint density at radius 1 is 1.05 bits per heavy atom. The molecule has 0 saturated heterocycles. The monoisotopic (exact) mass is 355 g/mol. The summed E-state index contributed by atoms with van der Waals surface area (Å²) in [6, 6.07) is 8.94. The minimum absolute atomic E-state index is 0.132. The van der Waals surface area contributed by atoms with Gasteiger partial charge in [0.15, 0.2) is 0 Å². The van der Waals surface area contributed by atoms with E-state index in [1.54, 1.807) is 12.1 Å². The summed E-state index contributed by atoms with van der Waals surface area (Å²) >= 11 is 3.47. The van der Waals surface area contributed by atoms with Crippen LogP contribution >= 0.6 is 15.9 Å². The van der Waals surface area contributed by atoms with Crippen LogP contribution in [0.25, 0.3) is 0 Å². The van der Waals surface area contributed by atoms with Gasteiger partial charge in [-0.25, -0.2) is 8.78 Å². The van der Waals surface area contributed by atoms with E-state index in [0.717, 1.165) is 34.8 Å². The van der Waals surface area contributed by atoms with E-state index in [0.29, 0.717) is 11.8 Å². The van der Waals surface area contributed by atoms with Gasteiger partial charge in [-0.15, -0.1) is 0 Å². The molecule has 2 aromatic carbocycles. The summed E-state index contributed by atoms with van der Waals surface area (Å²) in [4.78, 5) is 0. The Labute approximate surface area is 131 Å². The summed E-state index contributed by atoms with van der Waals surface area (Å²) in [6.07, 6.45) is 0. The first-order valence-electron chi connectivity index (χ1n) is 6.60. The van der Waals surface area contributed by atoms with E-state index in [1.165, 1.54) is 0 Å². The standard InChI is InChI=1S/C16H16BrF2NO/c1-10(2)20-9-11-3-4-14(8-16(11)17)21-15-6-12(18)5-13(19)7-15/h3-8,10,20H,9H2,1-2H3. The first-order chi connectivity index (χ1) is 9.94. The molecule has 0 atom stereocenters. The van der Waals surface area contributed by atoms with Crippen LogP contribution in [0.3, 0.4) is 0 Å². The fourth-order valence-electron chi connectivity index (χ4n) is 1.77. The average molecular weight is 356 g/mol. The van der Waals surface area contributed by atoms with E-state index < -0.39 is 11.6 Å². The molecule has 0 aliphatic rings. The maximum atomic E-state index is 13.1.